The lowest BCUT2D eigenvalue weighted by Crippen LogP contribution is -2.48. The van der Waals surface area contributed by atoms with Gasteiger partial charge in [-0.3, -0.25) is 11.3 Å². The lowest BCUT2D eigenvalue weighted by Gasteiger charge is -2.34. The molecule has 0 aromatic rings. The number of hydrazine groups is 1. The van der Waals surface area contributed by atoms with Crippen molar-refractivity contribution in [3.05, 3.63) is 12.7 Å². The molecule has 1 aliphatic carbocycles. The standard InChI is InChI=1S/C12H24N2O/c1-3-7-11(14-13)12(15-2)10-8-5-4-6-9-10/h3,10-12,14H,1,4-9,13H2,2H3. The summed E-state index contributed by atoms with van der Waals surface area (Å²) in [7, 11) is 1.78. The summed E-state index contributed by atoms with van der Waals surface area (Å²) in [5, 5.41) is 0. The molecule has 3 heteroatoms. The minimum absolute atomic E-state index is 0.204. The SMILES string of the molecule is C=CCC(NN)C(OC)C1CCCCC1. The van der Waals surface area contributed by atoms with Gasteiger partial charge >= 0.3 is 0 Å². The van der Waals surface area contributed by atoms with Crippen molar-refractivity contribution in [3.8, 4) is 0 Å². The first-order chi connectivity index (χ1) is 7.33. The fraction of sp³-hybridized carbons (Fsp3) is 0.833. The van der Waals surface area contributed by atoms with Crippen molar-refractivity contribution < 1.29 is 4.74 Å². The first kappa shape index (κ1) is 12.7. The second-order valence-corrected chi connectivity index (χ2v) is 4.40. The van der Waals surface area contributed by atoms with Crippen molar-refractivity contribution in [1.82, 2.24) is 5.43 Å². The van der Waals surface area contributed by atoms with Gasteiger partial charge in [0.1, 0.15) is 0 Å². The van der Waals surface area contributed by atoms with E-state index in [1.54, 1.807) is 7.11 Å². The lowest BCUT2D eigenvalue weighted by molar-refractivity contribution is 0.00894. The molecule has 0 radical (unpaired) electrons. The summed E-state index contributed by atoms with van der Waals surface area (Å²) < 4.78 is 5.61. The lowest BCUT2D eigenvalue weighted by atomic mass is 9.82. The van der Waals surface area contributed by atoms with E-state index in [1.807, 2.05) is 6.08 Å². The number of nitrogens with one attached hydrogen (secondary N) is 1. The maximum atomic E-state index is 5.61. The van der Waals surface area contributed by atoms with Crippen molar-refractivity contribution in [3.63, 3.8) is 0 Å². The van der Waals surface area contributed by atoms with E-state index in [9.17, 15) is 0 Å². The highest BCUT2D eigenvalue weighted by Gasteiger charge is 2.29. The fourth-order valence-corrected chi connectivity index (χ4v) is 2.62. The molecule has 3 N–H and O–H groups in total. The number of methoxy groups -OCH3 is 1. The third-order valence-electron chi connectivity index (χ3n) is 3.42. The molecule has 1 saturated carbocycles. The molecule has 0 aliphatic heterocycles. The van der Waals surface area contributed by atoms with E-state index in [2.05, 4.69) is 12.0 Å². The van der Waals surface area contributed by atoms with E-state index in [-0.39, 0.29) is 12.1 Å². The quantitative estimate of drug-likeness (QED) is 0.402. The molecule has 1 aliphatic rings. The molecule has 88 valence electrons. The molecule has 1 fully saturated rings. The van der Waals surface area contributed by atoms with Gasteiger partial charge in [0.05, 0.1) is 12.1 Å². The summed E-state index contributed by atoms with van der Waals surface area (Å²) >= 11 is 0. The summed E-state index contributed by atoms with van der Waals surface area (Å²) in [5.41, 5.74) is 2.86. The van der Waals surface area contributed by atoms with Crippen LogP contribution in [0.5, 0.6) is 0 Å². The molecule has 0 spiro atoms. The molecule has 15 heavy (non-hydrogen) atoms. The van der Waals surface area contributed by atoms with Gasteiger partial charge in [-0.1, -0.05) is 25.3 Å². The molecule has 2 atom stereocenters. The van der Waals surface area contributed by atoms with Crippen LogP contribution in [-0.2, 0) is 4.74 Å². The third-order valence-corrected chi connectivity index (χ3v) is 3.42. The Hall–Kier alpha value is -0.380. The largest absolute Gasteiger partial charge is 0.379 e. The Bertz CT molecular complexity index is 178. The minimum Gasteiger partial charge on any atom is -0.379 e. The zero-order valence-electron chi connectivity index (χ0n) is 9.74. The zero-order valence-corrected chi connectivity index (χ0v) is 9.74. The van der Waals surface area contributed by atoms with Gasteiger partial charge in [0, 0.05) is 7.11 Å². The van der Waals surface area contributed by atoms with Gasteiger partial charge in [-0.15, -0.1) is 6.58 Å². The van der Waals surface area contributed by atoms with Crippen molar-refractivity contribution in [2.45, 2.75) is 50.7 Å². The van der Waals surface area contributed by atoms with Crippen molar-refractivity contribution in [1.29, 1.82) is 0 Å². The Kier molecular flexibility index (Phi) is 5.91. The molecular formula is C12H24N2O. The van der Waals surface area contributed by atoms with Gasteiger partial charge < -0.3 is 4.74 Å². The smallest absolute Gasteiger partial charge is 0.0768 e. The van der Waals surface area contributed by atoms with Gasteiger partial charge in [-0.25, -0.2) is 0 Å². The summed E-state index contributed by atoms with van der Waals surface area (Å²) in [5.74, 6) is 6.22. The van der Waals surface area contributed by atoms with Crippen LogP contribution in [0.1, 0.15) is 38.5 Å². The fourth-order valence-electron chi connectivity index (χ4n) is 2.62. The highest BCUT2D eigenvalue weighted by atomic mass is 16.5. The molecule has 0 saturated heterocycles. The predicted octanol–water partition coefficient (Wildman–Crippen LogP) is 1.99. The Morgan fingerprint density at radius 3 is 2.60 bits per heavy atom. The minimum atomic E-state index is 0.204. The van der Waals surface area contributed by atoms with Gasteiger partial charge in [0.15, 0.2) is 0 Å². The normalized spacial score (nSPS) is 22.3. The topological polar surface area (TPSA) is 47.3 Å². The van der Waals surface area contributed by atoms with Crippen LogP contribution < -0.4 is 11.3 Å². The molecule has 0 heterocycles. The van der Waals surface area contributed by atoms with Crippen molar-refractivity contribution >= 4 is 0 Å². The van der Waals surface area contributed by atoms with Crippen molar-refractivity contribution in [2.24, 2.45) is 11.8 Å². The predicted molar refractivity (Wildman–Crippen MR) is 63.3 cm³/mol. The van der Waals surface area contributed by atoms with E-state index < -0.39 is 0 Å². The Balaban J connectivity index is 2.53. The Morgan fingerprint density at radius 2 is 2.13 bits per heavy atom. The van der Waals surface area contributed by atoms with E-state index in [0.717, 1.165) is 6.42 Å². The molecule has 0 bridgehead atoms. The van der Waals surface area contributed by atoms with Crippen LogP contribution >= 0.6 is 0 Å². The van der Waals surface area contributed by atoms with Gasteiger partial charge in [-0.2, -0.15) is 0 Å². The molecule has 0 aromatic carbocycles. The van der Waals surface area contributed by atoms with Gasteiger partial charge in [0.2, 0.25) is 0 Å². The summed E-state index contributed by atoms with van der Waals surface area (Å²) in [4.78, 5) is 0. The Morgan fingerprint density at radius 1 is 1.47 bits per heavy atom. The number of hydrogen-bond acceptors (Lipinski definition) is 3. The third kappa shape index (κ3) is 3.59. The molecule has 0 aromatic heterocycles. The van der Waals surface area contributed by atoms with Gasteiger partial charge in [0.25, 0.3) is 0 Å². The average molecular weight is 212 g/mol. The van der Waals surface area contributed by atoms with Crippen LogP contribution in [0, 0.1) is 5.92 Å². The number of hydrogen-bond donors (Lipinski definition) is 2. The maximum Gasteiger partial charge on any atom is 0.0768 e. The number of nitrogens with two attached hydrogens (primary N) is 1. The maximum absolute atomic E-state index is 5.61. The van der Waals surface area contributed by atoms with E-state index in [4.69, 9.17) is 10.6 Å². The zero-order chi connectivity index (χ0) is 11.1. The monoisotopic (exact) mass is 212 g/mol. The van der Waals surface area contributed by atoms with Gasteiger partial charge in [-0.05, 0) is 25.2 Å². The van der Waals surface area contributed by atoms with Crippen LogP contribution in [-0.4, -0.2) is 19.3 Å². The average Bonchev–Trinajstić information content (AvgIpc) is 2.30. The number of rotatable bonds is 6. The van der Waals surface area contributed by atoms with Crippen LogP contribution in [0.4, 0.5) is 0 Å². The van der Waals surface area contributed by atoms with Crippen LogP contribution in [0.15, 0.2) is 12.7 Å². The first-order valence-corrected chi connectivity index (χ1v) is 5.93. The van der Waals surface area contributed by atoms with Crippen LogP contribution in [0.2, 0.25) is 0 Å². The molecule has 0 amide bonds. The van der Waals surface area contributed by atoms with Crippen LogP contribution in [0.25, 0.3) is 0 Å². The first-order valence-electron chi connectivity index (χ1n) is 5.93. The highest BCUT2D eigenvalue weighted by Crippen LogP contribution is 2.29. The molecular weight excluding hydrogens is 188 g/mol. The van der Waals surface area contributed by atoms with E-state index in [1.165, 1.54) is 32.1 Å². The van der Waals surface area contributed by atoms with E-state index in [0.29, 0.717) is 5.92 Å². The highest BCUT2D eigenvalue weighted by molar-refractivity contribution is 4.88. The Labute approximate surface area is 93.0 Å². The second-order valence-electron chi connectivity index (χ2n) is 4.40. The molecule has 3 nitrogen and oxygen atoms in total. The summed E-state index contributed by atoms with van der Waals surface area (Å²) in [6.07, 6.45) is 9.57. The summed E-state index contributed by atoms with van der Waals surface area (Å²) in [6.45, 7) is 3.76. The van der Waals surface area contributed by atoms with Crippen molar-refractivity contribution in [2.75, 3.05) is 7.11 Å². The molecule has 1 rings (SSSR count). The molecule has 2 unspecified atom stereocenters. The number of ether oxygens (including phenoxy) is 1. The van der Waals surface area contributed by atoms with Crippen LogP contribution in [0.3, 0.4) is 0 Å². The van der Waals surface area contributed by atoms with E-state index >= 15 is 0 Å². The second kappa shape index (κ2) is 6.99. The summed E-state index contributed by atoms with van der Waals surface area (Å²) in [6, 6.07) is 0.204.